The molecule has 1 amide bonds. The van der Waals surface area contributed by atoms with Crippen LogP contribution in [0.15, 0.2) is 41.3 Å². The molecule has 0 aromatic heterocycles. The highest BCUT2D eigenvalue weighted by Crippen LogP contribution is 2.25. The molecule has 8 heteroatoms. The Bertz CT molecular complexity index is 970. The summed E-state index contributed by atoms with van der Waals surface area (Å²) in [4.78, 5) is 12.5. The monoisotopic (exact) mass is 392 g/mol. The summed E-state index contributed by atoms with van der Waals surface area (Å²) < 4.78 is 46.1. The van der Waals surface area contributed by atoms with E-state index >= 15 is 0 Å². The van der Waals surface area contributed by atoms with Crippen molar-refractivity contribution in [2.75, 3.05) is 31.6 Å². The van der Waals surface area contributed by atoms with Gasteiger partial charge in [-0.3, -0.25) is 4.79 Å². The lowest BCUT2D eigenvalue weighted by molar-refractivity contribution is 0.0730. The van der Waals surface area contributed by atoms with E-state index in [1.807, 2.05) is 0 Å². The lowest BCUT2D eigenvalue weighted by Crippen LogP contribution is -2.40. The maximum atomic E-state index is 13.7. The number of benzene rings is 2. The summed E-state index contributed by atoms with van der Waals surface area (Å²) in [7, 11) is -3.69. The smallest absolute Gasteiger partial charge is 0.255 e. The SMILES string of the molecule is Cc1ccc(C(=O)Nc2ccc(C)c(S(=O)(=O)N3CCOCC3)c2)cc1F. The van der Waals surface area contributed by atoms with E-state index in [2.05, 4.69) is 5.32 Å². The second-order valence-electron chi connectivity index (χ2n) is 6.41. The van der Waals surface area contributed by atoms with E-state index < -0.39 is 21.7 Å². The molecule has 6 nitrogen and oxygen atoms in total. The van der Waals surface area contributed by atoms with Crippen LogP contribution < -0.4 is 5.32 Å². The zero-order chi connectivity index (χ0) is 19.6. The Kier molecular flexibility index (Phi) is 5.59. The van der Waals surface area contributed by atoms with Crippen LogP contribution in [0, 0.1) is 19.7 Å². The van der Waals surface area contributed by atoms with Crippen molar-refractivity contribution >= 4 is 21.6 Å². The zero-order valence-corrected chi connectivity index (χ0v) is 16.0. The number of carbonyl (C=O) groups excluding carboxylic acids is 1. The molecule has 1 aliphatic rings. The third-order valence-electron chi connectivity index (χ3n) is 4.47. The minimum Gasteiger partial charge on any atom is -0.379 e. The minimum atomic E-state index is -3.69. The molecule has 2 aromatic rings. The van der Waals surface area contributed by atoms with Gasteiger partial charge in [-0.25, -0.2) is 12.8 Å². The number of hydrogen-bond donors (Lipinski definition) is 1. The van der Waals surface area contributed by atoms with Crippen LogP contribution in [0.25, 0.3) is 0 Å². The summed E-state index contributed by atoms with van der Waals surface area (Å²) in [5, 5.41) is 2.63. The second kappa shape index (κ2) is 7.75. The molecule has 1 fully saturated rings. The topological polar surface area (TPSA) is 75.7 Å². The van der Waals surface area contributed by atoms with E-state index in [0.717, 1.165) is 6.07 Å². The van der Waals surface area contributed by atoms with Crippen LogP contribution in [-0.4, -0.2) is 44.9 Å². The van der Waals surface area contributed by atoms with Crippen molar-refractivity contribution < 1.29 is 22.3 Å². The van der Waals surface area contributed by atoms with Gasteiger partial charge in [-0.1, -0.05) is 12.1 Å². The number of halogens is 1. The maximum absolute atomic E-state index is 13.7. The highest BCUT2D eigenvalue weighted by Gasteiger charge is 2.28. The fourth-order valence-electron chi connectivity index (χ4n) is 2.82. The van der Waals surface area contributed by atoms with E-state index in [9.17, 15) is 17.6 Å². The number of nitrogens with one attached hydrogen (secondary N) is 1. The summed E-state index contributed by atoms with van der Waals surface area (Å²) in [6.07, 6.45) is 0. The minimum absolute atomic E-state index is 0.136. The molecule has 3 rings (SSSR count). The molecule has 1 heterocycles. The van der Waals surface area contributed by atoms with Gasteiger partial charge in [-0.2, -0.15) is 4.31 Å². The maximum Gasteiger partial charge on any atom is 0.255 e. The Morgan fingerprint density at radius 3 is 2.41 bits per heavy atom. The first-order valence-corrected chi connectivity index (χ1v) is 9.99. The highest BCUT2D eigenvalue weighted by molar-refractivity contribution is 7.89. The fraction of sp³-hybridized carbons (Fsp3) is 0.316. The number of nitrogens with zero attached hydrogens (tertiary/aromatic N) is 1. The molecule has 144 valence electrons. The number of carbonyl (C=O) groups is 1. The molecule has 0 spiro atoms. The number of aryl methyl sites for hydroxylation is 2. The van der Waals surface area contributed by atoms with Crippen LogP contribution in [0.3, 0.4) is 0 Å². The van der Waals surface area contributed by atoms with Crippen molar-refractivity contribution in [3.05, 3.63) is 58.9 Å². The van der Waals surface area contributed by atoms with Gasteiger partial charge in [-0.05, 0) is 49.2 Å². The molecule has 0 saturated carbocycles. The van der Waals surface area contributed by atoms with Crippen LogP contribution in [0.2, 0.25) is 0 Å². The number of hydrogen-bond acceptors (Lipinski definition) is 4. The Morgan fingerprint density at radius 1 is 1.07 bits per heavy atom. The van der Waals surface area contributed by atoms with Crippen molar-refractivity contribution in [2.24, 2.45) is 0 Å². The van der Waals surface area contributed by atoms with Crippen molar-refractivity contribution in [1.29, 1.82) is 0 Å². The average molecular weight is 392 g/mol. The van der Waals surface area contributed by atoms with Crippen LogP contribution in [0.4, 0.5) is 10.1 Å². The van der Waals surface area contributed by atoms with Crippen LogP contribution >= 0.6 is 0 Å². The van der Waals surface area contributed by atoms with Crippen molar-refractivity contribution in [3.8, 4) is 0 Å². The van der Waals surface area contributed by atoms with Crippen molar-refractivity contribution in [3.63, 3.8) is 0 Å². The average Bonchev–Trinajstić information content (AvgIpc) is 2.66. The molecule has 1 saturated heterocycles. The van der Waals surface area contributed by atoms with E-state index in [0.29, 0.717) is 43.1 Å². The van der Waals surface area contributed by atoms with Gasteiger partial charge in [-0.15, -0.1) is 0 Å². The van der Waals surface area contributed by atoms with Gasteiger partial charge in [0.1, 0.15) is 5.82 Å². The zero-order valence-electron chi connectivity index (χ0n) is 15.2. The molecule has 0 unspecified atom stereocenters. The Labute approximate surface area is 158 Å². The van der Waals surface area contributed by atoms with E-state index in [-0.39, 0.29) is 10.5 Å². The van der Waals surface area contributed by atoms with Crippen molar-refractivity contribution in [2.45, 2.75) is 18.7 Å². The lowest BCUT2D eigenvalue weighted by atomic mass is 10.1. The van der Waals surface area contributed by atoms with E-state index in [1.54, 1.807) is 26.0 Å². The van der Waals surface area contributed by atoms with Crippen LogP contribution in [0.1, 0.15) is 21.5 Å². The lowest BCUT2D eigenvalue weighted by Gasteiger charge is -2.26. The summed E-state index contributed by atoms with van der Waals surface area (Å²) in [6.45, 7) is 4.61. The van der Waals surface area contributed by atoms with Gasteiger partial charge in [0.25, 0.3) is 5.91 Å². The molecule has 0 atom stereocenters. The second-order valence-corrected chi connectivity index (χ2v) is 8.32. The summed E-state index contributed by atoms with van der Waals surface area (Å²) in [6, 6.07) is 8.89. The standard InChI is InChI=1S/C19H21FN2O4S/c1-13-3-5-15(11-17(13)20)19(23)21-16-6-4-14(2)18(12-16)27(24,25)22-7-9-26-10-8-22/h3-6,11-12H,7-10H2,1-2H3,(H,21,23). The number of anilines is 1. The quantitative estimate of drug-likeness (QED) is 0.868. The molecule has 1 aliphatic heterocycles. The molecular weight excluding hydrogens is 371 g/mol. The number of ether oxygens (including phenoxy) is 1. The van der Waals surface area contributed by atoms with Crippen molar-refractivity contribution in [1.82, 2.24) is 4.31 Å². The molecular formula is C19H21FN2O4S. The molecule has 0 radical (unpaired) electrons. The van der Waals surface area contributed by atoms with Crippen LogP contribution in [0.5, 0.6) is 0 Å². The number of rotatable bonds is 4. The Hall–Kier alpha value is -2.29. The highest BCUT2D eigenvalue weighted by atomic mass is 32.2. The number of amides is 1. The van der Waals surface area contributed by atoms with Crippen LogP contribution in [-0.2, 0) is 14.8 Å². The third-order valence-corrected chi connectivity index (χ3v) is 6.51. The number of sulfonamides is 1. The molecule has 2 aromatic carbocycles. The predicted molar refractivity (Wildman–Crippen MR) is 99.8 cm³/mol. The molecule has 1 N–H and O–H groups in total. The van der Waals surface area contributed by atoms with Gasteiger partial charge in [0.15, 0.2) is 0 Å². The van der Waals surface area contributed by atoms with E-state index in [1.165, 1.54) is 22.5 Å². The number of morpholine rings is 1. The van der Waals surface area contributed by atoms with Gasteiger partial charge >= 0.3 is 0 Å². The Balaban J connectivity index is 1.86. The third kappa shape index (κ3) is 4.18. The molecule has 27 heavy (non-hydrogen) atoms. The summed E-state index contributed by atoms with van der Waals surface area (Å²) in [5.74, 6) is -0.977. The predicted octanol–water partition coefficient (Wildman–Crippen LogP) is 2.72. The first kappa shape index (κ1) is 19.5. The van der Waals surface area contributed by atoms with Gasteiger partial charge in [0.05, 0.1) is 18.1 Å². The largest absolute Gasteiger partial charge is 0.379 e. The van der Waals surface area contributed by atoms with Gasteiger partial charge in [0, 0.05) is 24.3 Å². The molecule has 0 aliphatic carbocycles. The first-order chi connectivity index (χ1) is 12.8. The summed E-state index contributed by atoms with van der Waals surface area (Å²) in [5.41, 5.74) is 1.52. The van der Waals surface area contributed by atoms with Gasteiger partial charge in [0.2, 0.25) is 10.0 Å². The molecule has 0 bridgehead atoms. The fourth-order valence-corrected chi connectivity index (χ4v) is 4.48. The summed E-state index contributed by atoms with van der Waals surface area (Å²) >= 11 is 0. The normalized spacial score (nSPS) is 15.5. The first-order valence-electron chi connectivity index (χ1n) is 8.55. The van der Waals surface area contributed by atoms with Gasteiger partial charge < -0.3 is 10.1 Å². The Morgan fingerprint density at radius 2 is 1.74 bits per heavy atom. The van der Waals surface area contributed by atoms with E-state index in [4.69, 9.17) is 4.74 Å².